The second-order valence-corrected chi connectivity index (χ2v) is 5.32. The molecule has 0 radical (unpaired) electrons. The number of nitrogens with zero attached hydrogens (tertiary/aromatic N) is 2. The van der Waals surface area contributed by atoms with Crippen molar-refractivity contribution >= 4 is 11.5 Å². The largest absolute Gasteiger partial charge is 0.417 e. The Morgan fingerprint density at radius 3 is 2.52 bits per heavy atom. The topological polar surface area (TPSA) is 51.4 Å². The number of nitrogens with two attached hydrogens (primary N) is 1. The summed E-state index contributed by atoms with van der Waals surface area (Å²) in [5.74, 6) is 0.520. The number of anilines is 2. The first-order valence-electron chi connectivity index (χ1n) is 7.21. The highest BCUT2D eigenvalue weighted by Crippen LogP contribution is 2.36. The molecule has 1 aliphatic rings. The third kappa shape index (κ3) is 3.39. The van der Waals surface area contributed by atoms with E-state index >= 15 is 0 Å². The van der Waals surface area contributed by atoms with Crippen LogP contribution >= 0.6 is 0 Å². The standard InChI is InChI=1S/C16H16F3N3O/c17-16(18,19)12-9-14(11-2-1-3-13(20)8-11)15(21-10-12)22-4-6-23-7-5-22/h1-3,8-10H,4-7,20H2. The SMILES string of the molecule is Nc1cccc(-c2cc(C(F)(F)F)cnc2N2CCOCC2)c1. The fourth-order valence-electron chi connectivity index (χ4n) is 2.56. The van der Waals surface area contributed by atoms with Crippen LogP contribution in [0.4, 0.5) is 24.7 Å². The number of rotatable bonds is 2. The molecule has 1 aromatic carbocycles. The van der Waals surface area contributed by atoms with Crippen LogP contribution in [0.3, 0.4) is 0 Å². The van der Waals surface area contributed by atoms with Gasteiger partial charge >= 0.3 is 6.18 Å². The van der Waals surface area contributed by atoms with Crippen molar-refractivity contribution in [3.8, 4) is 11.1 Å². The molecule has 0 saturated carbocycles. The lowest BCUT2D eigenvalue weighted by atomic mass is 10.0. The van der Waals surface area contributed by atoms with Gasteiger partial charge in [-0.2, -0.15) is 13.2 Å². The van der Waals surface area contributed by atoms with Gasteiger partial charge in [0.15, 0.2) is 0 Å². The summed E-state index contributed by atoms with van der Waals surface area (Å²) >= 11 is 0. The van der Waals surface area contributed by atoms with Crippen molar-refractivity contribution in [2.45, 2.75) is 6.18 Å². The van der Waals surface area contributed by atoms with Crippen molar-refractivity contribution in [3.05, 3.63) is 42.1 Å². The van der Waals surface area contributed by atoms with Crippen LogP contribution in [0.5, 0.6) is 0 Å². The van der Waals surface area contributed by atoms with E-state index in [-0.39, 0.29) is 0 Å². The van der Waals surface area contributed by atoms with Gasteiger partial charge in [0.05, 0.1) is 18.8 Å². The second-order valence-electron chi connectivity index (χ2n) is 5.32. The van der Waals surface area contributed by atoms with Crippen LogP contribution in [0.15, 0.2) is 36.5 Å². The third-order valence-corrected chi connectivity index (χ3v) is 3.70. The third-order valence-electron chi connectivity index (χ3n) is 3.70. The van der Waals surface area contributed by atoms with Crippen molar-refractivity contribution in [1.29, 1.82) is 0 Å². The van der Waals surface area contributed by atoms with Gasteiger partial charge in [-0.1, -0.05) is 12.1 Å². The maximum Gasteiger partial charge on any atom is 0.417 e. The summed E-state index contributed by atoms with van der Waals surface area (Å²) in [7, 11) is 0. The summed E-state index contributed by atoms with van der Waals surface area (Å²) in [6.45, 7) is 2.24. The molecule has 0 spiro atoms. The zero-order chi connectivity index (χ0) is 16.4. The number of hydrogen-bond acceptors (Lipinski definition) is 4. The number of nitrogen functional groups attached to an aromatic ring is 1. The summed E-state index contributed by atoms with van der Waals surface area (Å²) in [6, 6.07) is 7.93. The molecule has 122 valence electrons. The van der Waals surface area contributed by atoms with E-state index in [1.54, 1.807) is 24.3 Å². The molecule has 0 amide bonds. The van der Waals surface area contributed by atoms with Crippen LogP contribution in [0, 0.1) is 0 Å². The summed E-state index contributed by atoms with van der Waals surface area (Å²) in [6.07, 6.45) is -3.56. The first-order chi connectivity index (χ1) is 10.9. The molecule has 2 N–H and O–H groups in total. The van der Waals surface area contributed by atoms with E-state index in [9.17, 15) is 13.2 Å². The Morgan fingerprint density at radius 1 is 1.13 bits per heavy atom. The maximum absolute atomic E-state index is 13.0. The predicted molar refractivity (Wildman–Crippen MR) is 82.1 cm³/mol. The molecule has 4 nitrogen and oxygen atoms in total. The first kappa shape index (κ1) is 15.6. The first-order valence-corrected chi connectivity index (χ1v) is 7.21. The number of alkyl halides is 3. The molecule has 3 rings (SSSR count). The van der Waals surface area contributed by atoms with Crippen molar-refractivity contribution in [1.82, 2.24) is 4.98 Å². The smallest absolute Gasteiger partial charge is 0.399 e. The van der Waals surface area contributed by atoms with Gasteiger partial charge in [0.1, 0.15) is 5.82 Å². The molecule has 2 heterocycles. The molecule has 0 atom stereocenters. The quantitative estimate of drug-likeness (QED) is 0.863. The van der Waals surface area contributed by atoms with Gasteiger partial charge in [0.25, 0.3) is 0 Å². The van der Waals surface area contributed by atoms with Gasteiger partial charge in [0, 0.05) is 30.5 Å². The van der Waals surface area contributed by atoms with Gasteiger partial charge in [-0.05, 0) is 23.8 Å². The van der Waals surface area contributed by atoms with E-state index in [1.165, 1.54) is 0 Å². The van der Waals surface area contributed by atoms with Crippen molar-refractivity contribution in [2.24, 2.45) is 0 Å². The Morgan fingerprint density at radius 2 is 1.87 bits per heavy atom. The number of benzene rings is 1. The number of pyridine rings is 1. The van der Waals surface area contributed by atoms with Crippen LogP contribution in [-0.4, -0.2) is 31.3 Å². The minimum absolute atomic E-state index is 0.425. The molecule has 0 aliphatic carbocycles. The summed E-state index contributed by atoms with van der Waals surface area (Å²) in [5, 5.41) is 0. The van der Waals surface area contributed by atoms with Crippen molar-refractivity contribution in [2.75, 3.05) is 36.9 Å². The number of hydrogen-bond donors (Lipinski definition) is 1. The van der Waals surface area contributed by atoms with E-state index in [0.29, 0.717) is 48.9 Å². The van der Waals surface area contributed by atoms with Crippen LogP contribution in [0.1, 0.15) is 5.56 Å². The highest BCUT2D eigenvalue weighted by molar-refractivity contribution is 5.78. The average Bonchev–Trinajstić information content (AvgIpc) is 2.54. The van der Waals surface area contributed by atoms with Gasteiger partial charge in [-0.3, -0.25) is 0 Å². The summed E-state index contributed by atoms with van der Waals surface area (Å²) < 4.78 is 44.4. The van der Waals surface area contributed by atoms with Gasteiger partial charge in [-0.25, -0.2) is 4.98 Å². The molecule has 1 aromatic heterocycles. The molecule has 23 heavy (non-hydrogen) atoms. The molecule has 2 aromatic rings. The number of aromatic nitrogens is 1. The molecular formula is C16H16F3N3O. The van der Waals surface area contributed by atoms with Crippen LogP contribution < -0.4 is 10.6 Å². The van der Waals surface area contributed by atoms with Gasteiger partial charge in [-0.15, -0.1) is 0 Å². The normalized spacial score (nSPS) is 15.7. The number of morpholine rings is 1. The van der Waals surface area contributed by atoms with E-state index in [0.717, 1.165) is 12.3 Å². The fourth-order valence-corrected chi connectivity index (χ4v) is 2.56. The minimum Gasteiger partial charge on any atom is -0.399 e. The minimum atomic E-state index is -4.44. The highest BCUT2D eigenvalue weighted by Gasteiger charge is 2.32. The Bertz CT molecular complexity index is 697. The van der Waals surface area contributed by atoms with Crippen LogP contribution in [-0.2, 0) is 10.9 Å². The summed E-state index contributed by atoms with van der Waals surface area (Å²) in [5.41, 5.74) is 6.53. The van der Waals surface area contributed by atoms with E-state index in [4.69, 9.17) is 10.5 Å². The number of halogens is 3. The Hall–Kier alpha value is -2.28. The molecule has 0 unspecified atom stereocenters. The second kappa shape index (κ2) is 6.08. The maximum atomic E-state index is 13.0. The van der Waals surface area contributed by atoms with E-state index in [2.05, 4.69) is 4.98 Å². The van der Waals surface area contributed by atoms with Crippen LogP contribution in [0.2, 0.25) is 0 Å². The lowest BCUT2D eigenvalue weighted by Gasteiger charge is -2.30. The Kier molecular flexibility index (Phi) is 4.12. The molecular weight excluding hydrogens is 307 g/mol. The molecule has 1 aliphatic heterocycles. The van der Waals surface area contributed by atoms with Gasteiger partial charge < -0.3 is 15.4 Å². The zero-order valence-electron chi connectivity index (χ0n) is 12.3. The molecule has 7 heteroatoms. The monoisotopic (exact) mass is 323 g/mol. The van der Waals surface area contributed by atoms with Crippen molar-refractivity contribution < 1.29 is 17.9 Å². The Balaban J connectivity index is 2.11. The van der Waals surface area contributed by atoms with Crippen molar-refractivity contribution in [3.63, 3.8) is 0 Å². The lowest BCUT2D eigenvalue weighted by Crippen LogP contribution is -2.37. The molecule has 1 saturated heterocycles. The zero-order valence-corrected chi connectivity index (χ0v) is 12.3. The molecule has 0 bridgehead atoms. The lowest BCUT2D eigenvalue weighted by molar-refractivity contribution is -0.137. The molecule has 1 fully saturated rings. The van der Waals surface area contributed by atoms with Gasteiger partial charge in [0.2, 0.25) is 0 Å². The fraction of sp³-hybridized carbons (Fsp3) is 0.312. The van der Waals surface area contributed by atoms with E-state index in [1.807, 2.05) is 4.90 Å². The predicted octanol–water partition coefficient (Wildman–Crippen LogP) is 3.19. The number of ether oxygens (including phenoxy) is 1. The average molecular weight is 323 g/mol. The Labute approximate surface area is 131 Å². The summed E-state index contributed by atoms with van der Waals surface area (Å²) in [4.78, 5) is 6.02. The van der Waals surface area contributed by atoms with Crippen LogP contribution in [0.25, 0.3) is 11.1 Å². The van der Waals surface area contributed by atoms with E-state index < -0.39 is 11.7 Å². The highest BCUT2D eigenvalue weighted by atomic mass is 19.4.